The first-order valence-corrected chi connectivity index (χ1v) is 5.94. The lowest BCUT2D eigenvalue weighted by molar-refractivity contribution is -0.144. The quantitative estimate of drug-likeness (QED) is 0.720. The molecule has 0 spiro atoms. The van der Waals surface area contributed by atoms with E-state index < -0.39 is 6.10 Å². The molecule has 16 heavy (non-hydrogen) atoms. The fraction of sp³-hybridized carbons (Fsp3) is 0.833. The second-order valence-electron chi connectivity index (χ2n) is 5.51. The third kappa shape index (κ3) is 1.47. The third-order valence-corrected chi connectivity index (χ3v) is 3.91. The van der Waals surface area contributed by atoms with Gasteiger partial charge >= 0.3 is 0 Å². The van der Waals surface area contributed by atoms with Crippen LogP contribution in [0.15, 0.2) is 0 Å². The summed E-state index contributed by atoms with van der Waals surface area (Å²) < 4.78 is 0. The molecule has 1 N–H and O–H groups in total. The molecule has 0 aromatic rings. The number of fused-ring (bicyclic) bond motifs is 1. The number of hydrogen-bond acceptors (Lipinski definition) is 3. The van der Waals surface area contributed by atoms with Gasteiger partial charge in [-0.25, -0.2) is 0 Å². The van der Waals surface area contributed by atoms with E-state index in [4.69, 9.17) is 0 Å². The van der Waals surface area contributed by atoms with Crippen LogP contribution in [0, 0.1) is 17.3 Å². The molecule has 1 aliphatic carbocycles. The van der Waals surface area contributed by atoms with Crippen LogP contribution in [0.1, 0.15) is 33.6 Å². The Morgan fingerprint density at radius 1 is 1.31 bits per heavy atom. The number of aliphatic hydroxyl groups excluding tert-OH is 1. The number of piperidine rings is 1. The zero-order valence-electron chi connectivity index (χ0n) is 10.1. The lowest BCUT2D eigenvalue weighted by Crippen LogP contribution is -2.41. The zero-order valence-corrected chi connectivity index (χ0v) is 10.1. The van der Waals surface area contributed by atoms with E-state index in [1.165, 1.54) is 4.90 Å². The molecule has 2 rings (SSSR count). The van der Waals surface area contributed by atoms with Gasteiger partial charge in [0.2, 0.25) is 11.8 Å². The van der Waals surface area contributed by atoms with Crippen molar-refractivity contribution in [1.82, 2.24) is 4.90 Å². The lowest BCUT2D eigenvalue weighted by atomic mass is 10.1. The Morgan fingerprint density at radius 3 is 2.25 bits per heavy atom. The van der Waals surface area contributed by atoms with Gasteiger partial charge in [-0.05, 0) is 11.8 Å². The van der Waals surface area contributed by atoms with Crippen LogP contribution in [0.2, 0.25) is 0 Å². The second-order valence-corrected chi connectivity index (χ2v) is 5.51. The van der Waals surface area contributed by atoms with Crippen molar-refractivity contribution in [1.29, 1.82) is 0 Å². The number of carbonyl (C=O) groups excluding carboxylic acids is 2. The van der Waals surface area contributed by atoms with Gasteiger partial charge in [-0.2, -0.15) is 0 Å². The molecule has 4 heteroatoms. The van der Waals surface area contributed by atoms with Crippen LogP contribution < -0.4 is 0 Å². The minimum absolute atomic E-state index is 0.0878. The molecule has 0 bridgehead atoms. The van der Waals surface area contributed by atoms with Gasteiger partial charge in [0.15, 0.2) is 0 Å². The Hall–Kier alpha value is -0.900. The first-order valence-electron chi connectivity index (χ1n) is 5.94. The lowest BCUT2D eigenvalue weighted by Gasteiger charge is -2.22. The normalized spacial score (nSPS) is 32.9. The van der Waals surface area contributed by atoms with E-state index in [-0.39, 0.29) is 35.6 Å². The Balaban J connectivity index is 2.00. The van der Waals surface area contributed by atoms with Crippen LogP contribution in [0.5, 0.6) is 0 Å². The van der Waals surface area contributed by atoms with Crippen molar-refractivity contribution in [3.05, 3.63) is 0 Å². The number of carbonyl (C=O) groups is 2. The summed E-state index contributed by atoms with van der Waals surface area (Å²) in [5, 5.41) is 9.63. The molecule has 0 aromatic heterocycles. The third-order valence-electron chi connectivity index (χ3n) is 3.91. The first kappa shape index (κ1) is 11.6. The smallest absolute Gasteiger partial charge is 0.233 e. The number of imide groups is 1. The largest absolute Gasteiger partial charge is 0.391 e. The molecule has 1 saturated heterocycles. The van der Waals surface area contributed by atoms with Crippen LogP contribution in [-0.4, -0.2) is 34.5 Å². The number of likely N-dealkylation sites (tertiary alicyclic amines) is 1. The maximum Gasteiger partial charge on any atom is 0.233 e. The van der Waals surface area contributed by atoms with Gasteiger partial charge < -0.3 is 5.11 Å². The molecule has 2 amide bonds. The SMILES string of the molecule is CCCC(O)CN1C(=O)C2C(C1=O)C2(C)C. The summed E-state index contributed by atoms with van der Waals surface area (Å²) in [4.78, 5) is 25.1. The van der Waals surface area contributed by atoms with Crippen LogP contribution in [-0.2, 0) is 9.59 Å². The molecule has 4 nitrogen and oxygen atoms in total. The van der Waals surface area contributed by atoms with Gasteiger partial charge in [-0.1, -0.05) is 27.2 Å². The van der Waals surface area contributed by atoms with Gasteiger partial charge in [0.1, 0.15) is 0 Å². The number of aliphatic hydroxyl groups is 1. The van der Waals surface area contributed by atoms with Crippen molar-refractivity contribution >= 4 is 11.8 Å². The van der Waals surface area contributed by atoms with Crippen LogP contribution in [0.25, 0.3) is 0 Å². The average Bonchev–Trinajstić information content (AvgIpc) is 2.66. The highest BCUT2D eigenvalue weighted by molar-refractivity contribution is 6.10. The first-order chi connectivity index (χ1) is 7.41. The van der Waals surface area contributed by atoms with Crippen LogP contribution in [0.3, 0.4) is 0 Å². The van der Waals surface area contributed by atoms with Crippen molar-refractivity contribution in [3.8, 4) is 0 Å². The summed E-state index contributed by atoms with van der Waals surface area (Å²) in [6, 6.07) is 0. The zero-order chi connectivity index (χ0) is 12.1. The van der Waals surface area contributed by atoms with E-state index in [2.05, 4.69) is 0 Å². The summed E-state index contributed by atoms with van der Waals surface area (Å²) in [5.74, 6) is -0.437. The Labute approximate surface area is 95.6 Å². The fourth-order valence-corrected chi connectivity index (χ4v) is 2.82. The molecule has 1 heterocycles. The molecular weight excluding hydrogens is 206 g/mol. The van der Waals surface area contributed by atoms with E-state index in [1.54, 1.807) is 0 Å². The Morgan fingerprint density at radius 2 is 1.81 bits per heavy atom. The maximum absolute atomic E-state index is 11.9. The van der Waals surface area contributed by atoms with E-state index in [9.17, 15) is 14.7 Å². The predicted molar refractivity (Wildman–Crippen MR) is 58.4 cm³/mol. The number of nitrogens with zero attached hydrogens (tertiary/aromatic N) is 1. The Kier molecular flexibility index (Phi) is 2.57. The molecule has 3 atom stereocenters. The molecule has 1 saturated carbocycles. The summed E-state index contributed by atoms with van der Waals surface area (Å²) >= 11 is 0. The number of hydrogen-bond donors (Lipinski definition) is 1. The van der Waals surface area contributed by atoms with Gasteiger partial charge in [0.25, 0.3) is 0 Å². The van der Waals surface area contributed by atoms with Crippen molar-refractivity contribution < 1.29 is 14.7 Å². The van der Waals surface area contributed by atoms with Crippen LogP contribution in [0.4, 0.5) is 0 Å². The number of amides is 2. The minimum Gasteiger partial charge on any atom is -0.391 e. The predicted octanol–water partition coefficient (Wildman–Crippen LogP) is 0.788. The van der Waals surface area contributed by atoms with Crippen molar-refractivity contribution in [2.45, 2.75) is 39.7 Å². The summed E-state index contributed by atoms with van der Waals surface area (Å²) in [7, 11) is 0. The molecule has 2 fully saturated rings. The fourth-order valence-electron chi connectivity index (χ4n) is 2.82. The molecule has 2 aliphatic rings. The van der Waals surface area contributed by atoms with Crippen LogP contribution >= 0.6 is 0 Å². The summed E-state index contributed by atoms with van der Waals surface area (Å²) in [5.41, 5.74) is -0.152. The van der Waals surface area contributed by atoms with E-state index >= 15 is 0 Å². The average molecular weight is 225 g/mol. The molecule has 0 radical (unpaired) electrons. The summed E-state index contributed by atoms with van der Waals surface area (Å²) in [6.07, 6.45) is 0.921. The Bertz CT molecular complexity index is 313. The molecule has 3 unspecified atom stereocenters. The van der Waals surface area contributed by atoms with E-state index in [1.807, 2.05) is 20.8 Å². The molecule has 1 aliphatic heterocycles. The van der Waals surface area contributed by atoms with E-state index in [0.717, 1.165) is 6.42 Å². The monoisotopic (exact) mass is 225 g/mol. The highest BCUT2D eigenvalue weighted by atomic mass is 16.3. The van der Waals surface area contributed by atoms with E-state index in [0.29, 0.717) is 6.42 Å². The highest BCUT2D eigenvalue weighted by Gasteiger charge is 2.72. The topological polar surface area (TPSA) is 57.6 Å². The number of rotatable bonds is 4. The molecule has 90 valence electrons. The molecular formula is C12H19NO3. The second kappa shape index (κ2) is 3.55. The van der Waals surface area contributed by atoms with Crippen molar-refractivity contribution in [3.63, 3.8) is 0 Å². The molecule has 0 aromatic carbocycles. The van der Waals surface area contributed by atoms with Crippen molar-refractivity contribution in [2.24, 2.45) is 17.3 Å². The summed E-state index contributed by atoms with van der Waals surface area (Å²) in [6.45, 7) is 6.06. The van der Waals surface area contributed by atoms with Gasteiger partial charge in [-0.3, -0.25) is 14.5 Å². The minimum atomic E-state index is -0.571. The van der Waals surface area contributed by atoms with Crippen molar-refractivity contribution in [2.75, 3.05) is 6.54 Å². The number of β-amino-alcohol motifs (C(OH)–C–C–N with tert-alkyl or cyclic N) is 1. The maximum atomic E-state index is 11.9. The van der Waals surface area contributed by atoms with Gasteiger partial charge in [0, 0.05) is 0 Å². The van der Waals surface area contributed by atoms with Gasteiger partial charge in [0.05, 0.1) is 24.5 Å². The highest BCUT2D eigenvalue weighted by Crippen LogP contribution is 2.63. The van der Waals surface area contributed by atoms with Gasteiger partial charge in [-0.15, -0.1) is 0 Å². The standard InChI is InChI=1S/C12H19NO3/c1-4-5-7(14)6-13-10(15)8-9(11(13)16)12(8,2)3/h7-9,14H,4-6H2,1-3H3.